The smallest absolute Gasteiger partial charge is 0.367 e. The summed E-state index contributed by atoms with van der Waals surface area (Å²) in [5, 5.41) is 5.17. The highest BCUT2D eigenvalue weighted by atomic mass is 35.5. The number of imide groups is 1. The molecule has 1 aromatic rings. The summed E-state index contributed by atoms with van der Waals surface area (Å²) in [4.78, 5) is 41.5. The first-order valence-corrected chi connectivity index (χ1v) is 9.80. The van der Waals surface area contributed by atoms with Gasteiger partial charge in [0.05, 0.1) is 22.4 Å². The highest BCUT2D eigenvalue weighted by Gasteiger charge is 2.46. The number of aromatic nitrogens is 1. The van der Waals surface area contributed by atoms with E-state index in [4.69, 9.17) is 11.6 Å². The molecular weight excluding hydrogens is 425 g/mol. The van der Waals surface area contributed by atoms with Crippen LogP contribution in [0.2, 0.25) is 5.02 Å². The summed E-state index contributed by atoms with van der Waals surface area (Å²) in [6.45, 7) is 0.367. The Kier molecular flexibility index (Phi) is 6.64. The van der Waals surface area contributed by atoms with Crippen molar-refractivity contribution in [2.75, 3.05) is 25.0 Å². The summed E-state index contributed by atoms with van der Waals surface area (Å²) in [5.74, 6) is -1.38. The lowest BCUT2D eigenvalue weighted by molar-refractivity contribution is -0.140. The van der Waals surface area contributed by atoms with Crippen molar-refractivity contribution in [1.29, 1.82) is 0 Å². The zero-order chi connectivity index (χ0) is 21.9. The van der Waals surface area contributed by atoms with Crippen LogP contribution in [0.3, 0.4) is 0 Å². The first-order valence-electron chi connectivity index (χ1n) is 9.42. The predicted octanol–water partition coefficient (Wildman–Crippen LogP) is 2.62. The number of hydrogen-bond donors (Lipinski definition) is 2. The maximum atomic E-state index is 12.6. The molecule has 2 heterocycles. The molecule has 11 heteroatoms. The van der Waals surface area contributed by atoms with Crippen LogP contribution in [0, 0.1) is 11.8 Å². The number of anilines is 1. The van der Waals surface area contributed by atoms with Crippen LogP contribution < -0.4 is 10.6 Å². The Labute approximate surface area is 175 Å². The summed E-state index contributed by atoms with van der Waals surface area (Å²) < 4.78 is 37.8. The van der Waals surface area contributed by atoms with Gasteiger partial charge in [0.1, 0.15) is 5.82 Å². The van der Waals surface area contributed by atoms with Gasteiger partial charge in [0, 0.05) is 32.3 Å². The van der Waals surface area contributed by atoms with E-state index in [9.17, 15) is 27.6 Å². The van der Waals surface area contributed by atoms with Crippen LogP contribution in [0.1, 0.15) is 24.8 Å². The largest absolute Gasteiger partial charge is 0.417 e. The lowest BCUT2D eigenvalue weighted by Gasteiger charge is -2.14. The summed E-state index contributed by atoms with van der Waals surface area (Å²) in [7, 11) is 0. The molecule has 0 saturated carbocycles. The molecular formula is C19H20ClF3N4O3. The fourth-order valence-corrected chi connectivity index (χ4v) is 3.73. The second-order valence-electron chi connectivity index (χ2n) is 7.06. The second-order valence-corrected chi connectivity index (χ2v) is 7.47. The van der Waals surface area contributed by atoms with Crippen LogP contribution in [0.25, 0.3) is 0 Å². The molecule has 0 spiro atoms. The molecule has 2 aliphatic rings. The number of likely N-dealkylation sites (tertiary alicyclic amines) is 1. The van der Waals surface area contributed by atoms with Gasteiger partial charge in [0.25, 0.3) is 0 Å². The number of nitrogens with zero attached hydrogens (tertiary/aromatic N) is 2. The van der Waals surface area contributed by atoms with E-state index in [2.05, 4.69) is 15.6 Å². The quantitative estimate of drug-likeness (QED) is 0.383. The molecule has 1 fully saturated rings. The van der Waals surface area contributed by atoms with Gasteiger partial charge < -0.3 is 10.6 Å². The number of amides is 3. The number of halogens is 4. The lowest BCUT2D eigenvalue weighted by atomic mass is 9.85. The van der Waals surface area contributed by atoms with Crippen molar-refractivity contribution in [2.45, 2.75) is 25.4 Å². The number of pyridine rings is 1. The summed E-state index contributed by atoms with van der Waals surface area (Å²) in [6.07, 6.45) is 0.998. The molecule has 2 atom stereocenters. The number of hydrogen-bond acceptors (Lipinski definition) is 5. The number of alkyl halides is 3. The summed E-state index contributed by atoms with van der Waals surface area (Å²) >= 11 is 5.79. The molecule has 0 radical (unpaired) electrons. The molecule has 30 heavy (non-hydrogen) atoms. The first-order chi connectivity index (χ1) is 14.2. The van der Waals surface area contributed by atoms with Crippen LogP contribution in [0.15, 0.2) is 24.4 Å². The standard InChI is InChI=1S/C19H20ClF3N4O3/c20-14-9-11(19(21,22)23)10-26-16(14)25-7-6-24-15(28)5-8-27-17(29)12-3-1-2-4-13(12)18(27)30/h1-2,9-10,12-13H,3-8H2,(H,24,28)(H,25,26)/t12-,13+. The third-order valence-corrected chi connectivity index (χ3v) is 5.36. The predicted molar refractivity (Wildman–Crippen MR) is 102 cm³/mol. The average molecular weight is 445 g/mol. The number of carbonyl (C=O) groups excluding carboxylic acids is 3. The van der Waals surface area contributed by atoms with E-state index >= 15 is 0 Å². The van der Waals surface area contributed by atoms with Crippen molar-refractivity contribution < 1.29 is 27.6 Å². The molecule has 0 bridgehead atoms. The topological polar surface area (TPSA) is 91.4 Å². The number of fused-ring (bicyclic) bond motifs is 1. The van der Waals surface area contributed by atoms with Gasteiger partial charge in [-0.1, -0.05) is 23.8 Å². The van der Waals surface area contributed by atoms with Crippen LogP contribution >= 0.6 is 11.6 Å². The van der Waals surface area contributed by atoms with Gasteiger partial charge in [-0.05, 0) is 18.9 Å². The fraction of sp³-hybridized carbons (Fsp3) is 0.474. The summed E-state index contributed by atoms with van der Waals surface area (Å²) in [6, 6.07) is 0.771. The minimum atomic E-state index is -4.53. The number of nitrogens with one attached hydrogen (secondary N) is 2. The van der Waals surface area contributed by atoms with Crippen LogP contribution in [-0.4, -0.2) is 47.2 Å². The fourth-order valence-electron chi connectivity index (χ4n) is 3.50. The molecule has 1 aliphatic carbocycles. The van der Waals surface area contributed by atoms with Gasteiger partial charge in [-0.2, -0.15) is 13.2 Å². The Morgan fingerprint density at radius 1 is 1.17 bits per heavy atom. The van der Waals surface area contributed by atoms with E-state index in [0.717, 1.165) is 11.0 Å². The van der Waals surface area contributed by atoms with Crippen molar-refractivity contribution in [1.82, 2.24) is 15.2 Å². The van der Waals surface area contributed by atoms with E-state index in [1.807, 2.05) is 12.2 Å². The number of carbonyl (C=O) groups is 3. The minimum absolute atomic E-state index is 0.0240. The molecule has 7 nitrogen and oxygen atoms in total. The van der Waals surface area contributed by atoms with Crippen LogP contribution in [0.5, 0.6) is 0 Å². The van der Waals surface area contributed by atoms with Crippen LogP contribution in [0.4, 0.5) is 19.0 Å². The molecule has 0 aromatic carbocycles. The Balaban J connectivity index is 1.40. The molecule has 2 N–H and O–H groups in total. The van der Waals surface area contributed by atoms with Gasteiger partial charge >= 0.3 is 6.18 Å². The molecule has 162 valence electrons. The third kappa shape index (κ3) is 4.92. The molecule has 3 amide bonds. The SMILES string of the molecule is O=C(CCN1C(=O)[C@H]2CC=CC[C@H]2C1=O)NCCNc1ncc(C(F)(F)F)cc1Cl. The normalized spacial score (nSPS) is 21.0. The Hall–Kier alpha value is -2.62. The lowest BCUT2D eigenvalue weighted by Crippen LogP contribution is -2.36. The van der Waals surface area contributed by atoms with Crippen molar-refractivity contribution in [2.24, 2.45) is 11.8 Å². The van der Waals surface area contributed by atoms with Crippen molar-refractivity contribution in [3.05, 3.63) is 35.0 Å². The Morgan fingerprint density at radius 3 is 2.37 bits per heavy atom. The van der Waals surface area contributed by atoms with Gasteiger partial charge in [-0.15, -0.1) is 0 Å². The van der Waals surface area contributed by atoms with E-state index in [1.165, 1.54) is 0 Å². The monoisotopic (exact) mass is 444 g/mol. The van der Waals surface area contributed by atoms with Crippen molar-refractivity contribution in [3.8, 4) is 0 Å². The van der Waals surface area contributed by atoms with Crippen molar-refractivity contribution >= 4 is 35.1 Å². The molecule has 1 aromatic heterocycles. The highest BCUT2D eigenvalue weighted by Crippen LogP contribution is 2.35. The molecule has 0 unspecified atom stereocenters. The molecule has 1 aliphatic heterocycles. The number of allylic oxidation sites excluding steroid dienone is 2. The Bertz CT molecular complexity index is 849. The van der Waals surface area contributed by atoms with Gasteiger partial charge in [-0.25, -0.2) is 4.98 Å². The zero-order valence-electron chi connectivity index (χ0n) is 15.8. The third-order valence-electron chi connectivity index (χ3n) is 5.07. The van der Waals surface area contributed by atoms with E-state index in [-0.39, 0.29) is 66.5 Å². The molecule has 1 saturated heterocycles. The van der Waals surface area contributed by atoms with Gasteiger partial charge in [-0.3, -0.25) is 19.3 Å². The highest BCUT2D eigenvalue weighted by molar-refractivity contribution is 6.32. The van der Waals surface area contributed by atoms with E-state index < -0.39 is 11.7 Å². The first kappa shape index (κ1) is 22.1. The van der Waals surface area contributed by atoms with Crippen LogP contribution in [-0.2, 0) is 20.6 Å². The van der Waals surface area contributed by atoms with Gasteiger partial charge in [0.2, 0.25) is 17.7 Å². The number of rotatable bonds is 7. The average Bonchev–Trinajstić information content (AvgIpc) is 2.94. The summed E-state index contributed by atoms with van der Waals surface area (Å²) in [5.41, 5.74) is -0.951. The maximum absolute atomic E-state index is 12.6. The maximum Gasteiger partial charge on any atom is 0.417 e. The van der Waals surface area contributed by atoms with Crippen molar-refractivity contribution in [3.63, 3.8) is 0 Å². The minimum Gasteiger partial charge on any atom is -0.367 e. The van der Waals surface area contributed by atoms with E-state index in [1.54, 1.807) is 0 Å². The Morgan fingerprint density at radius 2 is 1.80 bits per heavy atom. The van der Waals surface area contributed by atoms with E-state index in [0.29, 0.717) is 19.0 Å². The molecule has 3 rings (SSSR count). The van der Waals surface area contributed by atoms with Gasteiger partial charge in [0.15, 0.2) is 0 Å². The zero-order valence-corrected chi connectivity index (χ0v) is 16.6. The second kappa shape index (κ2) is 9.03.